The number of aromatic nitrogens is 1. The number of aryl methyl sites for hydroxylation is 1. The molecule has 29 heavy (non-hydrogen) atoms. The molecule has 1 fully saturated rings. The smallest absolute Gasteiger partial charge is 0.329 e. The van der Waals surface area contributed by atoms with Gasteiger partial charge in [0, 0.05) is 12.6 Å². The van der Waals surface area contributed by atoms with Crippen molar-refractivity contribution >= 4 is 22.8 Å². The molecule has 1 amide bonds. The first-order chi connectivity index (χ1) is 13.9. The van der Waals surface area contributed by atoms with Crippen LogP contribution in [0.4, 0.5) is 0 Å². The van der Waals surface area contributed by atoms with Crippen LogP contribution in [0.2, 0.25) is 0 Å². The van der Waals surface area contributed by atoms with Crippen molar-refractivity contribution in [2.75, 3.05) is 7.11 Å². The fraction of sp³-hybridized carbons (Fsp3) is 0.500. The van der Waals surface area contributed by atoms with E-state index in [4.69, 9.17) is 4.74 Å². The van der Waals surface area contributed by atoms with Gasteiger partial charge in [-0.15, -0.1) is 0 Å². The van der Waals surface area contributed by atoms with Crippen LogP contribution in [0.15, 0.2) is 29.1 Å². The third-order valence-electron chi connectivity index (χ3n) is 5.75. The molecule has 2 N–H and O–H groups in total. The molecular formula is C22H28N2O5. The van der Waals surface area contributed by atoms with Crippen LogP contribution in [-0.2, 0) is 11.3 Å². The van der Waals surface area contributed by atoms with Crippen LogP contribution >= 0.6 is 0 Å². The van der Waals surface area contributed by atoms with Gasteiger partial charge in [-0.2, -0.15) is 0 Å². The monoisotopic (exact) mass is 400 g/mol. The molecule has 7 heteroatoms. The summed E-state index contributed by atoms with van der Waals surface area (Å²) in [6.07, 6.45) is 4.88. The van der Waals surface area contributed by atoms with Gasteiger partial charge in [-0.1, -0.05) is 32.6 Å². The van der Waals surface area contributed by atoms with Crippen molar-refractivity contribution in [2.45, 2.75) is 64.0 Å². The largest absolute Gasteiger partial charge is 0.497 e. The number of methoxy groups -OCH3 is 1. The second-order valence-electron chi connectivity index (χ2n) is 7.70. The van der Waals surface area contributed by atoms with E-state index in [-0.39, 0.29) is 5.56 Å². The van der Waals surface area contributed by atoms with Crippen LogP contribution in [-0.4, -0.2) is 34.2 Å². The summed E-state index contributed by atoms with van der Waals surface area (Å²) in [7, 11) is 1.56. The van der Waals surface area contributed by atoms with Crippen molar-refractivity contribution < 1.29 is 19.4 Å². The lowest BCUT2D eigenvalue weighted by atomic mass is 9.81. The molecule has 0 radical (unpaired) electrons. The molecular weight excluding hydrogens is 372 g/mol. The zero-order chi connectivity index (χ0) is 21.0. The van der Waals surface area contributed by atoms with Gasteiger partial charge < -0.3 is 19.7 Å². The number of fused-ring (bicyclic) bond motifs is 1. The number of unbranched alkanes of at least 4 members (excludes halogenated alkanes) is 1. The van der Waals surface area contributed by atoms with Gasteiger partial charge in [-0.25, -0.2) is 4.79 Å². The van der Waals surface area contributed by atoms with Crippen molar-refractivity contribution in [3.63, 3.8) is 0 Å². The molecule has 0 bridgehead atoms. The Hall–Kier alpha value is -2.83. The highest BCUT2D eigenvalue weighted by atomic mass is 16.5. The Labute approximate surface area is 169 Å². The van der Waals surface area contributed by atoms with Crippen LogP contribution in [0.25, 0.3) is 10.9 Å². The van der Waals surface area contributed by atoms with Gasteiger partial charge >= 0.3 is 5.97 Å². The summed E-state index contributed by atoms with van der Waals surface area (Å²) < 4.78 is 6.87. The number of carboxylic acid groups (broad SMARTS) is 1. The molecule has 0 atom stereocenters. The van der Waals surface area contributed by atoms with E-state index < -0.39 is 23.0 Å². The normalized spacial score (nSPS) is 15.8. The molecule has 1 aromatic heterocycles. The number of benzene rings is 1. The predicted octanol–water partition coefficient (Wildman–Crippen LogP) is 3.33. The topological polar surface area (TPSA) is 97.6 Å². The third kappa shape index (κ3) is 4.13. The van der Waals surface area contributed by atoms with E-state index in [2.05, 4.69) is 5.32 Å². The van der Waals surface area contributed by atoms with Gasteiger partial charge in [0.05, 0.1) is 12.6 Å². The Bertz CT molecular complexity index is 973. The number of pyridine rings is 1. The lowest BCUT2D eigenvalue weighted by Gasteiger charge is -2.34. The first kappa shape index (κ1) is 20.9. The minimum atomic E-state index is -1.30. The Balaban J connectivity index is 2.06. The van der Waals surface area contributed by atoms with Crippen LogP contribution in [0.1, 0.15) is 62.2 Å². The highest BCUT2D eigenvalue weighted by Gasteiger charge is 2.41. The number of amides is 1. The number of carboxylic acids is 1. The molecule has 1 aliphatic rings. The second-order valence-corrected chi connectivity index (χ2v) is 7.70. The molecule has 1 saturated carbocycles. The van der Waals surface area contributed by atoms with E-state index in [1.165, 1.54) is 0 Å². The van der Waals surface area contributed by atoms with Gasteiger partial charge in [0.1, 0.15) is 16.9 Å². The average Bonchev–Trinajstić information content (AvgIpc) is 2.72. The zero-order valence-electron chi connectivity index (χ0n) is 17.0. The molecule has 156 valence electrons. The first-order valence-electron chi connectivity index (χ1n) is 10.2. The minimum absolute atomic E-state index is 0.0232. The second kappa shape index (κ2) is 8.68. The average molecular weight is 400 g/mol. The molecule has 0 saturated heterocycles. The summed E-state index contributed by atoms with van der Waals surface area (Å²) >= 11 is 0. The van der Waals surface area contributed by atoms with E-state index in [1.54, 1.807) is 35.9 Å². The molecule has 0 aliphatic heterocycles. The van der Waals surface area contributed by atoms with Gasteiger partial charge in [-0.3, -0.25) is 9.59 Å². The molecule has 1 aromatic carbocycles. The Morgan fingerprint density at radius 3 is 2.55 bits per heavy atom. The van der Waals surface area contributed by atoms with Crippen LogP contribution in [0, 0.1) is 0 Å². The highest BCUT2D eigenvalue weighted by Crippen LogP contribution is 2.29. The number of aliphatic carboxylic acids is 1. The SMILES string of the molecule is CCCCn1c(=O)c(C(=O)NC2(C(=O)O)CCCCC2)cc2ccc(OC)cc21. The predicted molar refractivity (Wildman–Crippen MR) is 111 cm³/mol. The Morgan fingerprint density at radius 1 is 1.21 bits per heavy atom. The van der Waals surface area contributed by atoms with E-state index in [1.807, 2.05) is 6.92 Å². The van der Waals surface area contributed by atoms with Gasteiger partial charge in [0.2, 0.25) is 0 Å². The molecule has 0 spiro atoms. The summed E-state index contributed by atoms with van der Waals surface area (Å²) in [5, 5.41) is 13.2. The van der Waals surface area contributed by atoms with E-state index in [9.17, 15) is 19.5 Å². The van der Waals surface area contributed by atoms with Crippen molar-refractivity contribution in [2.24, 2.45) is 0 Å². The fourth-order valence-corrected chi connectivity index (χ4v) is 4.01. The molecule has 7 nitrogen and oxygen atoms in total. The minimum Gasteiger partial charge on any atom is -0.497 e. The van der Waals surface area contributed by atoms with E-state index in [0.717, 1.165) is 37.5 Å². The fourth-order valence-electron chi connectivity index (χ4n) is 4.01. The molecule has 1 heterocycles. The van der Waals surface area contributed by atoms with Gasteiger partial charge in [0.15, 0.2) is 0 Å². The number of hydrogen-bond acceptors (Lipinski definition) is 4. The molecule has 0 unspecified atom stereocenters. The standard InChI is InChI=1S/C22H28N2O5/c1-3-4-12-24-18-14-16(29-2)9-8-15(18)13-17(20(24)26)19(25)23-22(21(27)28)10-6-5-7-11-22/h8-9,13-14H,3-7,10-12H2,1-2H3,(H,23,25)(H,27,28). The third-order valence-corrected chi connectivity index (χ3v) is 5.75. The molecule has 1 aliphatic carbocycles. The van der Waals surface area contributed by atoms with Crippen molar-refractivity contribution in [3.8, 4) is 5.75 Å². The van der Waals surface area contributed by atoms with E-state index >= 15 is 0 Å². The summed E-state index contributed by atoms with van der Waals surface area (Å²) in [5.74, 6) is -1.03. The van der Waals surface area contributed by atoms with Crippen molar-refractivity contribution in [1.82, 2.24) is 9.88 Å². The van der Waals surface area contributed by atoms with Gasteiger partial charge in [0.25, 0.3) is 11.5 Å². The maximum Gasteiger partial charge on any atom is 0.329 e. The number of hydrogen-bond donors (Lipinski definition) is 2. The molecule has 2 aromatic rings. The summed E-state index contributed by atoms with van der Waals surface area (Å²) in [6, 6.07) is 6.92. The van der Waals surface area contributed by atoms with E-state index in [0.29, 0.717) is 30.7 Å². The summed E-state index contributed by atoms with van der Waals surface area (Å²) in [5.41, 5.74) is -1.03. The van der Waals surface area contributed by atoms with Crippen LogP contribution in [0.3, 0.4) is 0 Å². The molecule has 3 rings (SSSR count). The number of carbonyl (C=O) groups is 2. The number of nitrogens with zero attached hydrogens (tertiary/aromatic N) is 1. The summed E-state index contributed by atoms with van der Waals surface area (Å²) in [4.78, 5) is 38.1. The number of carbonyl (C=O) groups excluding carboxylic acids is 1. The Morgan fingerprint density at radius 2 is 1.93 bits per heavy atom. The van der Waals surface area contributed by atoms with Crippen molar-refractivity contribution in [3.05, 3.63) is 40.2 Å². The number of ether oxygens (including phenoxy) is 1. The summed E-state index contributed by atoms with van der Waals surface area (Å²) in [6.45, 7) is 2.51. The maximum atomic E-state index is 13.2. The van der Waals surface area contributed by atoms with Crippen LogP contribution in [0.5, 0.6) is 5.75 Å². The van der Waals surface area contributed by atoms with Gasteiger partial charge in [-0.05, 0) is 42.8 Å². The van der Waals surface area contributed by atoms with Crippen molar-refractivity contribution in [1.29, 1.82) is 0 Å². The number of rotatable bonds is 7. The quantitative estimate of drug-likeness (QED) is 0.743. The lowest BCUT2D eigenvalue weighted by Crippen LogP contribution is -2.56. The Kier molecular flexibility index (Phi) is 6.25. The van der Waals surface area contributed by atoms with Crippen LogP contribution < -0.4 is 15.6 Å². The lowest BCUT2D eigenvalue weighted by molar-refractivity contribution is -0.145. The first-order valence-corrected chi connectivity index (χ1v) is 10.2. The highest BCUT2D eigenvalue weighted by molar-refractivity contribution is 6.00. The zero-order valence-corrected chi connectivity index (χ0v) is 17.0. The maximum absolute atomic E-state index is 13.2. The number of nitrogens with one attached hydrogen (secondary N) is 1.